The van der Waals surface area contributed by atoms with Crippen molar-refractivity contribution in [2.45, 2.75) is 25.7 Å². The number of aromatic nitrogens is 1. The number of rotatable bonds is 5. The lowest BCUT2D eigenvalue weighted by molar-refractivity contribution is -0.121. The van der Waals surface area contributed by atoms with E-state index in [1.807, 2.05) is 30.5 Å². The summed E-state index contributed by atoms with van der Waals surface area (Å²) in [6, 6.07) is 16.5. The van der Waals surface area contributed by atoms with E-state index in [4.69, 9.17) is 0 Å². The molecular weight excluding hydrogens is 352 g/mol. The number of aryl methyl sites for hydroxylation is 1. The third-order valence-electron chi connectivity index (χ3n) is 5.07. The normalized spacial score (nSPS) is 15.0. The molecule has 0 bridgehead atoms. The zero-order valence-corrected chi connectivity index (χ0v) is 15.7. The fourth-order valence-corrected chi connectivity index (χ4v) is 3.61. The van der Waals surface area contributed by atoms with Crippen LogP contribution in [0.2, 0.25) is 0 Å². The fourth-order valence-electron chi connectivity index (χ4n) is 3.61. The first-order chi connectivity index (χ1) is 13.6. The molecule has 1 atom stereocenters. The molecule has 1 aromatic heterocycles. The largest absolute Gasteiger partial charge is 0.361 e. The number of nitrogens with one attached hydrogen (secondary N) is 3. The maximum atomic E-state index is 12.5. The van der Waals surface area contributed by atoms with Crippen LogP contribution in [-0.4, -0.2) is 29.1 Å². The molecule has 0 saturated heterocycles. The highest BCUT2D eigenvalue weighted by Crippen LogP contribution is 2.31. The zero-order valence-electron chi connectivity index (χ0n) is 15.7. The number of hydrazone groups is 1. The second-order valence-corrected chi connectivity index (χ2v) is 7.06. The van der Waals surface area contributed by atoms with Gasteiger partial charge >= 0.3 is 0 Å². The summed E-state index contributed by atoms with van der Waals surface area (Å²) in [5.41, 5.74) is 7.26. The van der Waals surface area contributed by atoms with Crippen LogP contribution in [0.1, 0.15) is 35.4 Å². The quantitative estimate of drug-likeness (QED) is 0.641. The lowest BCUT2D eigenvalue weighted by atomic mass is 9.90. The molecule has 1 unspecified atom stereocenters. The highest BCUT2D eigenvalue weighted by molar-refractivity contribution is 6.39. The first kappa shape index (κ1) is 18.0. The minimum atomic E-state index is -0.238. The number of nitrogens with zero attached hydrogens (tertiary/aromatic N) is 1. The number of hydrogen-bond acceptors (Lipinski definition) is 3. The summed E-state index contributed by atoms with van der Waals surface area (Å²) in [5.74, 6) is -0.399. The maximum absolute atomic E-state index is 12.5. The van der Waals surface area contributed by atoms with Crippen molar-refractivity contribution >= 4 is 28.4 Å². The van der Waals surface area contributed by atoms with Gasteiger partial charge in [0.25, 0.3) is 5.91 Å². The third-order valence-corrected chi connectivity index (χ3v) is 5.07. The molecule has 2 amide bonds. The Morgan fingerprint density at radius 2 is 2.04 bits per heavy atom. The molecule has 0 saturated carbocycles. The Labute approximate surface area is 163 Å². The number of H-pyrrole nitrogens is 1. The smallest absolute Gasteiger partial charge is 0.267 e. The summed E-state index contributed by atoms with van der Waals surface area (Å²) in [4.78, 5) is 27.1. The van der Waals surface area contributed by atoms with E-state index in [1.54, 1.807) is 0 Å². The van der Waals surface area contributed by atoms with Crippen molar-refractivity contribution in [2.75, 3.05) is 6.54 Å². The highest BCUT2D eigenvalue weighted by Gasteiger charge is 2.22. The minimum absolute atomic E-state index is 0.00113. The SMILES string of the molecule is Cc1cccc(C(CNC(=O)C2=NNC(=O)CC2)c2c[nH]c3ccccc23)c1. The third kappa shape index (κ3) is 3.67. The van der Waals surface area contributed by atoms with Crippen molar-refractivity contribution in [3.63, 3.8) is 0 Å². The van der Waals surface area contributed by atoms with Gasteiger partial charge in [-0.3, -0.25) is 9.59 Å². The Morgan fingerprint density at radius 1 is 1.18 bits per heavy atom. The van der Waals surface area contributed by atoms with Crippen molar-refractivity contribution in [3.8, 4) is 0 Å². The molecule has 0 spiro atoms. The predicted molar refractivity (Wildman–Crippen MR) is 109 cm³/mol. The van der Waals surface area contributed by atoms with Gasteiger partial charge in [-0.05, 0) is 24.1 Å². The van der Waals surface area contributed by atoms with E-state index in [9.17, 15) is 9.59 Å². The Hall–Kier alpha value is -3.41. The second kappa shape index (κ2) is 7.68. The average Bonchev–Trinajstić information content (AvgIpc) is 3.13. The van der Waals surface area contributed by atoms with Gasteiger partial charge in [0.15, 0.2) is 0 Å². The molecule has 0 aliphatic carbocycles. The molecule has 0 fully saturated rings. The van der Waals surface area contributed by atoms with Crippen molar-refractivity contribution in [3.05, 3.63) is 71.4 Å². The first-order valence-corrected chi connectivity index (χ1v) is 9.38. The summed E-state index contributed by atoms with van der Waals surface area (Å²) in [6.45, 7) is 2.50. The van der Waals surface area contributed by atoms with Crippen LogP contribution in [0.15, 0.2) is 59.8 Å². The van der Waals surface area contributed by atoms with Gasteiger partial charge < -0.3 is 10.3 Å². The Balaban J connectivity index is 1.62. The summed E-state index contributed by atoms with van der Waals surface area (Å²) in [7, 11) is 0. The Bertz CT molecular complexity index is 1070. The summed E-state index contributed by atoms with van der Waals surface area (Å²) in [6.07, 6.45) is 2.66. The topological polar surface area (TPSA) is 86.3 Å². The molecule has 2 heterocycles. The molecule has 6 nitrogen and oxygen atoms in total. The number of amides is 2. The van der Waals surface area contributed by atoms with Gasteiger partial charge in [-0.1, -0.05) is 48.0 Å². The molecule has 28 heavy (non-hydrogen) atoms. The lowest BCUT2D eigenvalue weighted by Crippen LogP contribution is -2.38. The van der Waals surface area contributed by atoms with Gasteiger partial charge in [0, 0.05) is 42.4 Å². The number of para-hydroxylation sites is 1. The van der Waals surface area contributed by atoms with Gasteiger partial charge in [0.2, 0.25) is 5.91 Å². The highest BCUT2D eigenvalue weighted by atomic mass is 16.2. The predicted octanol–water partition coefficient (Wildman–Crippen LogP) is 2.99. The number of hydrogen-bond donors (Lipinski definition) is 3. The monoisotopic (exact) mass is 374 g/mol. The molecule has 6 heteroatoms. The zero-order chi connectivity index (χ0) is 19.5. The maximum Gasteiger partial charge on any atom is 0.267 e. The van der Waals surface area contributed by atoms with E-state index < -0.39 is 0 Å². The molecule has 3 N–H and O–H groups in total. The van der Waals surface area contributed by atoms with Crippen LogP contribution in [0.4, 0.5) is 0 Å². The van der Waals surface area contributed by atoms with E-state index in [0.29, 0.717) is 18.7 Å². The molecule has 1 aliphatic heterocycles. The van der Waals surface area contributed by atoms with Gasteiger partial charge in [-0.25, -0.2) is 5.43 Å². The van der Waals surface area contributed by atoms with Crippen molar-refractivity contribution in [2.24, 2.45) is 5.10 Å². The summed E-state index contributed by atoms with van der Waals surface area (Å²) in [5, 5.41) is 8.03. The Morgan fingerprint density at radius 3 is 2.82 bits per heavy atom. The molecule has 142 valence electrons. The van der Waals surface area contributed by atoms with Crippen molar-refractivity contribution < 1.29 is 9.59 Å². The first-order valence-electron chi connectivity index (χ1n) is 9.38. The fraction of sp³-hybridized carbons (Fsp3) is 0.227. The molecule has 4 rings (SSSR count). The van der Waals surface area contributed by atoms with Gasteiger partial charge in [-0.2, -0.15) is 5.10 Å². The van der Waals surface area contributed by atoms with Crippen LogP contribution in [0.5, 0.6) is 0 Å². The van der Waals surface area contributed by atoms with Gasteiger partial charge in [0.1, 0.15) is 5.71 Å². The molecule has 3 aromatic rings. The van der Waals surface area contributed by atoms with Crippen LogP contribution < -0.4 is 10.7 Å². The van der Waals surface area contributed by atoms with Crippen LogP contribution in [0, 0.1) is 6.92 Å². The standard InChI is InChI=1S/C22H22N4O2/c1-14-5-4-6-15(11-14)17(18-13-23-19-8-3-2-7-16(18)19)12-24-22(28)20-9-10-21(27)26-25-20/h2-8,11,13,17,23H,9-10,12H2,1H3,(H,24,28)(H,26,27). The van der Waals surface area contributed by atoms with Crippen LogP contribution >= 0.6 is 0 Å². The molecular formula is C22H22N4O2. The van der Waals surface area contributed by atoms with Gasteiger partial charge in [0.05, 0.1) is 0 Å². The second-order valence-electron chi connectivity index (χ2n) is 7.06. The number of aromatic amines is 1. The van der Waals surface area contributed by atoms with Gasteiger partial charge in [-0.15, -0.1) is 0 Å². The average molecular weight is 374 g/mol. The number of carbonyl (C=O) groups excluding carboxylic acids is 2. The van der Waals surface area contributed by atoms with E-state index in [-0.39, 0.29) is 24.2 Å². The Kier molecular flexibility index (Phi) is 4.93. The summed E-state index contributed by atoms with van der Waals surface area (Å²) >= 11 is 0. The van der Waals surface area contributed by atoms with E-state index >= 15 is 0 Å². The lowest BCUT2D eigenvalue weighted by Gasteiger charge is -2.19. The van der Waals surface area contributed by atoms with Crippen molar-refractivity contribution in [1.82, 2.24) is 15.7 Å². The minimum Gasteiger partial charge on any atom is -0.361 e. The van der Waals surface area contributed by atoms with E-state index in [0.717, 1.165) is 22.0 Å². The number of carbonyl (C=O) groups is 2. The van der Waals surface area contributed by atoms with Crippen LogP contribution in [0.25, 0.3) is 10.9 Å². The van der Waals surface area contributed by atoms with Crippen LogP contribution in [-0.2, 0) is 9.59 Å². The van der Waals surface area contributed by atoms with E-state index in [2.05, 4.69) is 52.0 Å². The summed E-state index contributed by atoms with van der Waals surface area (Å²) < 4.78 is 0. The molecule has 2 aromatic carbocycles. The number of benzene rings is 2. The van der Waals surface area contributed by atoms with Crippen molar-refractivity contribution in [1.29, 1.82) is 0 Å². The number of fused-ring (bicyclic) bond motifs is 1. The molecule has 0 radical (unpaired) electrons. The van der Waals surface area contributed by atoms with Crippen LogP contribution in [0.3, 0.4) is 0 Å². The van der Waals surface area contributed by atoms with E-state index in [1.165, 1.54) is 5.56 Å². The molecule has 1 aliphatic rings.